The lowest BCUT2D eigenvalue weighted by Crippen LogP contribution is -2.23. The summed E-state index contributed by atoms with van der Waals surface area (Å²) in [6, 6.07) is 14.4. The highest BCUT2D eigenvalue weighted by Gasteiger charge is 2.44. The second-order valence-corrected chi connectivity index (χ2v) is 5.81. The summed E-state index contributed by atoms with van der Waals surface area (Å²) in [5.41, 5.74) is 4.95. The summed E-state index contributed by atoms with van der Waals surface area (Å²) in [4.78, 5) is 0. The molecule has 0 unspecified atom stereocenters. The summed E-state index contributed by atoms with van der Waals surface area (Å²) in [7, 11) is 0. The van der Waals surface area contributed by atoms with Crippen molar-refractivity contribution in [3.05, 3.63) is 70.7 Å². The third-order valence-electron chi connectivity index (χ3n) is 4.36. The van der Waals surface area contributed by atoms with Crippen molar-refractivity contribution in [1.82, 2.24) is 10.2 Å². The summed E-state index contributed by atoms with van der Waals surface area (Å²) >= 11 is 0. The number of nitrogens with two attached hydrogens (primary N) is 1. The zero-order chi connectivity index (χ0) is 18.5. The molecule has 5 nitrogen and oxygen atoms in total. The monoisotopic (exact) mass is 356 g/mol. The van der Waals surface area contributed by atoms with Crippen LogP contribution in [-0.2, 0) is 6.18 Å². The third-order valence-corrected chi connectivity index (χ3v) is 4.36. The molecule has 4 rings (SSSR count). The number of halogens is 3. The molecule has 0 fully saturated rings. The first-order valence-electron chi connectivity index (χ1n) is 7.62. The van der Waals surface area contributed by atoms with Crippen LogP contribution in [-0.4, -0.2) is 10.2 Å². The van der Waals surface area contributed by atoms with Gasteiger partial charge in [0.15, 0.2) is 0 Å². The minimum Gasteiger partial charge on any atom is -0.420 e. The van der Waals surface area contributed by atoms with Crippen LogP contribution in [0, 0.1) is 11.3 Å². The Kier molecular flexibility index (Phi) is 3.40. The first kappa shape index (κ1) is 16.0. The number of nitriles is 1. The number of H-pyrrole nitrogens is 1. The van der Waals surface area contributed by atoms with E-state index in [2.05, 4.69) is 5.10 Å². The first-order valence-corrected chi connectivity index (χ1v) is 7.62. The second kappa shape index (κ2) is 5.52. The molecule has 0 saturated carbocycles. The van der Waals surface area contributed by atoms with Crippen LogP contribution in [0.4, 0.5) is 13.2 Å². The Morgan fingerprint density at radius 1 is 1.15 bits per heavy atom. The first-order chi connectivity index (χ1) is 12.4. The highest BCUT2D eigenvalue weighted by molar-refractivity contribution is 5.87. The molecule has 130 valence electrons. The quantitative estimate of drug-likeness (QED) is 0.694. The van der Waals surface area contributed by atoms with Gasteiger partial charge in [0, 0.05) is 0 Å². The molecule has 8 heteroatoms. The van der Waals surface area contributed by atoms with Crippen molar-refractivity contribution < 1.29 is 17.9 Å². The van der Waals surface area contributed by atoms with Gasteiger partial charge >= 0.3 is 6.18 Å². The predicted octanol–water partition coefficient (Wildman–Crippen LogP) is 3.80. The maximum Gasteiger partial charge on any atom is 0.433 e. The highest BCUT2D eigenvalue weighted by Crippen LogP contribution is 2.48. The van der Waals surface area contributed by atoms with Gasteiger partial charge in [-0.15, -0.1) is 5.10 Å². The molecule has 0 aliphatic carbocycles. The molecular formula is C18H11F3N4O. The number of fused-ring (bicyclic) bond motifs is 2. The van der Waals surface area contributed by atoms with E-state index in [9.17, 15) is 18.4 Å². The van der Waals surface area contributed by atoms with Gasteiger partial charge in [0.1, 0.15) is 17.3 Å². The lowest BCUT2D eigenvalue weighted by molar-refractivity contribution is -0.141. The molecule has 3 aromatic rings. The number of alkyl halides is 3. The van der Waals surface area contributed by atoms with Crippen LogP contribution < -0.4 is 10.5 Å². The Labute approximate surface area is 145 Å². The minimum absolute atomic E-state index is 0.0826. The van der Waals surface area contributed by atoms with Crippen LogP contribution in [0.2, 0.25) is 0 Å². The van der Waals surface area contributed by atoms with E-state index in [1.54, 1.807) is 24.3 Å². The Balaban J connectivity index is 2.06. The summed E-state index contributed by atoms with van der Waals surface area (Å²) in [6.07, 6.45) is -4.68. The number of nitrogens with one attached hydrogen (secondary N) is 1. The summed E-state index contributed by atoms with van der Waals surface area (Å²) in [5.74, 6) is -1.56. The lowest BCUT2D eigenvalue weighted by atomic mass is 9.81. The fourth-order valence-corrected chi connectivity index (χ4v) is 3.27. The van der Waals surface area contributed by atoms with Crippen LogP contribution in [0.3, 0.4) is 0 Å². The number of aromatic amines is 1. The van der Waals surface area contributed by atoms with Gasteiger partial charge in [-0.25, -0.2) is 0 Å². The summed E-state index contributed by atoms with van der Waals surface area (Å²) in [6.45, 7) is 0. The molecule has 0 bridgehead atoms. The highest BCUT2D eigenvalue weighted by atomic mass is 19.4. The van der Waals surface area contributed by atoms with Crippen molar-refractivity contribution in [2.24, 2.45) is 5.73 Å². The van der Waals surface area contributed by atoms with Crippen molar-refractivity contribution >= 4 is 10.8 Å². The molecule has 0 amide bonds. The van der Waals surface area contributed by atoms with Gasteiger partial charge in [0.2, 0.25) is 11.8 Å². The molecule has 2 aromatic carbocycles. The molecule has 0 spiro atoms. The molecule has 1 aliphatic heterocycles. The molecule has 26 heavy (non-hydrogen) atoms. The normalized spacial score (nSPS) is 16.9. The van der Waals surface area contributed by atoms with Crippen molar-refractivity contribution in [1.29, 1.82) is 5.26 Å². The van der Waals surface area contributed by atoms with E-state index in [4.69, 9.17) is 10.5 Å². The largest absolute Gasteiger partial charge is 0.433 e. The number of aromatic nitrogens is 2. The Morgan fingerprint density at radius 3 is 2.62 bits per heavy atom. The number of benzene rings is 2. The van der Waals surface area contributed by atoms with E-state index >= 15 is 0 Å². The zero-order valence-electron chi connectivity index (χ0n) is 13.1. The SMILES string of the molecule is N#CC1=C(N)Oc2n[nH]c(C(F)(F)F)c2[C@@H]1c1cccc2ccccc12. The van der Waals surface area contributed by atoms with Crippen LogP contribution in [0.1, 0.15) is 22.7 Å². The fourth-order valence-electron chi connectivity index (χ4n) is 3.27. The van der Waals surface area contributed by atoms with Gasteiger partial charge in [-0.2, -0.15) is 18.4 Å². The minimum atomic E-state index is -4.68. The van der Waals surface area contributed by atoms with Crippen LogP contribution in [0.15, 0.2) is 53.9 Å². The standard InChI is InChI=1S/C18H11F3N4O/c19-18(20,21)15-14-13(12(8-22)16(23)26-17(14)25-24-15)11-7-3-5-9-4-1-2-6-10(9)11/h1-7,13H,23H2,(H,24,25)/t13-/m1/s1. The Hall–Kier alpha value is -3.47. The smallest absolute Gasteiger partial charge is 0.420 e. The predicted molar refractivity (Wildman–Crippen MR) is 86.8 cm³/mol. The molecule has 1 aromatic heterocycles. The van der Waals surface area contributed by atoms with Crippen LogP contribution in [0.5, 0.6) is 5.88 Å². The molecule has 1 aliphatic rings. The summed E-state index contributed by atoms with van der Waals surface area (Å²) < 4.78 is 45.6. The van der Waals surface area contributed by atoms with Crippen LogP contribution in [0.25, 0.3) is 10.8 Å². The van der Waals surface area contributed by atoms with E-state index < -0.39 is 17.8 Å². The van der Waals surface area contributed by atoms with Gasteiger partial charge in [-0.1, -0.05) is 42.5 Å². The lowest BCUT2D eigenvalue weighted by Gasteiger charge is -2.25. The van der Waals surface area contributed by atoms with Gasteiger partial charge in [0.25, 0.3) is 0 Å². The average molecular weight is 356 g/mol. The maximum absolute atomic E-state index is 13.5. The number of allylic oxidation sites excluding steroid dienone is 1. The number of nitrogens with zero attached hydrogens (tertiary/aromatic N) is 2. The van der Waals surface area contributed by atoms with Gasteiger partial charge in [0.05, 0.1) is 11.5 Å². The van der Waals surface area contributed by atoms with Crippen molar-refractivity contribution in [2.45, 2.75) is 12.1 Å². The molecule has 0 saturated heterocycles. The van der Waals surface area contributed by atoms with Crippen molar-refractivity contribution in [3.63, 3.8) is 0 Å². The topological polar surface area (TPSA) is 87.7 Å². The molecule has 0 radical (unpaired) electrons. The van der Waals surface area contributed by atoms with E-state index in [-0.39, 0.29) is 22.9 Å². The Morgan fingerprint density at radius 2 is 1.88 bits per heavy atom. The second-order valence-electron chi connectivity index (χ2n) is 5.81. The maximum atomic E-state index is 13.5. The van der Waals surface area contributed by atoms with Gasteiger partial charge in [-0.3, -0.25) is 5.10 Å². The van der Waals surface area contributed by atoms with E-state index in [0.717, 1.165) is 10.8 Å². The zero-order valence-corrected chi connectivity index (χ0v) is 13.1. The van der Waals surface area contributed by atoms with E-state index in [1.165, 1.54) is 0 Å². The van der Waals surface area contributed by atoms with Gasteiger partial charge in [-0.05, 0) is 16.3 Å². The molecule has 3 N–H and O–H groups in total. The van der Waals surface area contributed by atoms with Gasteiger partial charge < -0.3 is 10.5 Å². The number of hydrogen-bond donors (Lipinski definition) is 2. The fraction of sp³-hybridized carbons (Fsp3) is 0.111. The number of hydrogen-bond acceptors (Lipinski definition) is 4. The summed E-state index contributed by atoms with van der Waals surface area (Å²) in [5, 5.41) is 16.7. The average Bonchev–Trinajstić information content (AvgIpc) is 3.03. The molecule has 2 heterocycles. The molecular weight excluding hydrogens is 345 g/mol. The van der Waals surface area contributed by atoms with Crippen molar-refractivity contribution in [2.75, 3.05) is 0 Å². The number of ether oxygens (including phenoxy) is 1. The third kappa shape index (κ3) is 2.29. The van der Waals surface area contributed by atoms with E-state index in [0.29, 0.717) is 5.56 Å². The molecule has 1 atom stereocenters. The van der Waals surface area contributed by atoms with E-state index in [1.807, 2.05) is 29.4 Å². The number of rotatable bonds is 1. The van der Waals surface area contributed by atoms with Crippen molar-refractivity contribution in [3.8, 4) is 11.9 Å². The Bertz CT molecular complexity index is 1090. The van der Waals surface area contributed by atoms with Crippen LogP contribution >= 0.6 is 0 Å².